The highest BCUT2D eigenvalue weighted by Crippen LogP contribution is 2.30. The van der Waals surface area contributed by atoms with Crippen molar-refractivity contribution in [3.63, 3.8) is 0 Å². The van der Waals surface area contributed by atoms with Crippen molar-refractivity contribution in [1.29, 1.82) is 0 Å². The molecule has 0 heterocycles. The molecular weight excluding hydrogens is 216 g/mol. The van der Waals surface area contributed by atoms with Gasteiger partial charge in [-0.1, -0.05) is 19.4 Å². The number of methoxy groups -OCH3 is 1. The highest BCUT2D eigenvalue weighted by atomic mass is 16.5. The van der Waals surface area contributed by atoms with Crippen molar-refractivity contribution in [3.05, 3.63) is 23.5 Å². The number of ether oxygens (including phenoxy) is 1. The van der Waals surface area contributed by atoms with Gasteiger partial charge in [0.1, 0.15) is 5.76 Å². The molecule has 0 fully saturated rings. The summed E-state index contributed by atoms with van der Waals surface area (Å²) >= 11 is 0. The maximum Gasteiger partial charge on any atom is 0.117 e. The van der Waals surface area contributed by atoms with Crippen molar-refractivity contribution in [1.82, 2.24) is 0 Å². The van der Waals surface area contributed by atoms with Gasteiger partial charge in [0.2, 0.25) is 0 Å². The standard InChI is InChI=1S/C14H24O3/c1-3-4-12-9-11(5-7-13(16)10-15)6-8-14(12)17-2/h6,8,11,13,15-16H,3-5,7,9-10H2,1-2H3/t11?,13-/m1/s1. The normalized spacial score (nSPS) is 21.8. The Kier molecular flexibility index (Phi) is 6.30. The molecule has 0 bridgehead atoms. The van der Waals surface area contributed by atoms with Crippen LogP contribution in [-0.4, -0.2) is 30.0 Å². The molecule has 1 rings (SSSR count). The van der Waals surface area contributed by atoms with Gasteiger partial charge in [-0.05, 0) is 43.3 Å². The number of aliphatic hydroxyl groups excluding tert-OH is 2. The van der Waals surface area contributed by atoms with Crippen LogP contribution in [0.3, 0.4) is 0 Å². The van der Waals surface area contributed by atoms with Crippen LogP contribution in [0, 0.1) is 5.92 Å². The van der Waals surface area contributed by atoms with Crippen LogP contribution in [0.2, 0.25) is 0 Å². The lowest BCUT2D eigenvalue weighted by molar-refractivity contribution is 0.0839. The third kappa shape index (κ3) is 4.52. The zero-order valence-corrected chi connectivity index (χ0v) is 10.9. The van der Waals surface area contributed by atoms with Gasteiger partial charge in [0, 0.05) is 0 Å². The SMILES string of the molecule is CCCC1=C(OC)C=CC(CC[C@@H](O)CO)C1. The lowest BCUT2D eigenvalue weighted by Crippen LogP contribution is -2.15. The second kappa shape index (κ2) is 7.51. The van der Waals surface area contributed by atoms with Gasteiger partial charge in [0.15, 0.2) is 0 Å². The number of hydrogen-bond donors (Lipinski definition) is 2. The third-order valence-electron chi connectivity index (χ3n) is 3.23. The van der Waals surface area contributed by atoms with E-state index >= 15 is 0 Å². The van der Waals surface area contributed by atoms with Gasteiger partial charge in [-0.3, -0.25) is 0 Å². The van der Waals surface area contributed by atoms with Crippen molar-refractivity contribution in [2.45, 2.75) is 45.1 Å². The van der Waals surface area contributed by atoms with E-state index in [0.29, 0.717) is 12.3 Å². The van der Waals surface area contributed by atoms with Crippen LogP contribution in [0.1, 0.15) is 39.0 Å². The van der Waals surface area contributed by atoms with E-state index in [1.54, 1.807) is 7.11 Å². The molecule has 3 heteroatoms. The van der Waals surface area contributed by atoms with Crippen LogP contribution in [0.15, 0.2) is 23.5 Å². The lowest BCUT2D eigenvalue weighted by atomic mass is 9.87. The Balaban J connectivity index is 2.49. The Bertz CT molecular complexity index is 281. The minimum absolute atomic E-state index is 0.141. The zero-order chi connectivity index (χ0) is 12.7. The Morgan fingerprint density at radius 3 is 2.88 bits per heavy atom. The molecule has 0 aromatic carbocycles. The maximum absolute atomic E-state index is 9.35. The molecule has 2 atom stereocenters. The summed E-state index contributed by atoms with van der Waals surface area (Å²) in [5.74, 6) is 1.47. The highest BCUT2D eigenvalue weighted by molar-refractivity contribution is 5.26. The summed E-state index contributed by atoms with van der Waals surface area (Å²) in [4.78, 5) is 0. The van der Waals surface area contributed by atoms with E-state index in [9.17, 15) is 5.11 Å². The molecule has 0 aromatic rings. The Morgan fingerprint density at radius 2 is 2.29 bits per heavy atom. The fraction of sp³-hybridized carbons (Fsp3) is 0.714. The van der Waals surface area contributed by atoms with E-state index in [1.165, 1.54) is 5.57 Å². The van der Waals surface area contributed by atoms with Gasteiger partial charge in [0.25, 0.3) is 0 Å². The Morgan fingerprint density at radius 1 is 1.53 bits per heavy atom. The highest BCUT2D eigenvalue weighted by Gasteiger charge is 2.17. The maximum atomic E-state index is 9.35. The summed E-state index contributed by atoms with van der Waals surface area (Å²) in [6.07, 6.45) is 8.42. The van der Waals surface area contributed by atoms with Crippen LogP contribution < -0.4 is 0 Å². The molecule has 0 spiro atoms. The predicted octanol–water partition coefficient (Wildman–Crippen LogP) is 2.40. The molecule has 17 heavy (non-hydrogen) atoms. The first-order valence-corrected chi connectivity index (χ1v) is 6.44. The molecule has 0 amide bonds. The summed E-state index contributed by atoms with van der Waals surface area (Å²) in [6, 6.07) is 0. The molecule has 98 valence electrons. The second-order valence-corrected chi connectivity index (χ2v) is 4.66. The third-order valence-corrected chi connectivity index (χ3v) is 3.23. The van der Waals surface area contributed by atoms with Crippen LogP contribution in [-0.2, 0) is 4.74 Å². The van der Waals surface area contributed by atoms with Crippen molar-refractivity contribution in [2.75, 3.05) is 13.7 Å². The van der Waals surface area contributed by atoms with Crippen LogP contribution >= 0.6 is 0 Å². The number of allylic oxidation sites excluding steroid dienone is 3. The number of hydrogen-bond acceptors (Lipinski definition) is 3. The minimum Gasteiger partial charge on any atom is -0.497 e. The van der Waals surface area contributed by atoms with E-state index in [2.05, 4.69) is 13.0 Å². The zero-order valence-electron chi connectivity index (χ0n) is 10.9. The molecule has 0 aliphatic heterocycles. The molecule has 2 N–H and O–H groups in total. The van der Waals surface area contributed by atoms with Gasteiger partial charge in [0.05, 0.1) is 19.8 Å². The van der Waals surface area contributed by atoms with Gasteiger partial charge in [-0.25, -0.2) is 0 Å². The fourth-order valence-electron chi connectivity index (χ4n) is 2.26. The second-order valence-electron chi connectivity index (χ2n) is 4.66. The topological polar surface area (TPSA) is 49.7 Å². The summed E-state index contributed by atoms with van der Waals surface area (Å²) in [5.41, 5.74) is 1.38. The Hall–Kier alpha value is -0.800. The first kappa shape index (κ1) is 14.3. The van der Waals surface area contributed by atoms with E-state index in [1.807, 2.05) is 6.08 Å². The minimum atomic E-state index is -0.578. The van der Waals surface area contributed by atoms with Gasteiger partial charge in [-0.15, -0.1) is 0 Å². The van der Waals surface area contributed by atoms with E-state index in [-0.39, 0.29) is 6.61 Å². The average Bonchev–Trinajstić information content (AvgIpc) is 2.36. The number of rotatable bonds is 7. The number of aliphatic hydroxyl groups is 2. The fourth-order valence-corrected chi connectivity index (χ4v) is 2.26. The van der Waals surface area contributed by atoms with E-state index < -0.39 is 6.10 Å². The molecule has 1 aliphatic rings. The first-order chi connectivity index (χ1) is 8.21. The molecule has 0 saturated carbocycles. The summed E-state index contributed by atoms with van der Waals surface area (Å²) in [5, 5.41) is 18.1. The Labute approximate surface area is 104 Å². The lowest BCUT2D eigenvalue weighted by Gasteiger charge is -2.22. The van der Waals surface area contributed by atoms with E-state index in [0.717, 1.165) is 31.4 Å². The van der Waals surface area contributed by atoms with Crippen molar-refractivity contribution >= 4 is 0 Å². The quantitative estimate of drug-likeness (QED) is 0.718. The summed E-state index contributed by atoms with van der Waals surface area (Å²) in [6.45, 7) is 2.03. The smallest absolute Gasteiger partial charge is 0.117 e. The average molecular weight is 240 g/mol. The summed E-state index contributed by atoms with van der Waals surface area (Å²) < 4.78 is 5.35. The van der Waals surface area contributed by atoms with E-state index in [4.69, 9.17) is 9.84 Å². The van der Waals surface area contributed by atoms with Crippen molar-refractivity contribution < 1.29 is 14.9 Å². The van der Waals surface area contributed by atoms with Gasteiger partial charge in [-0.2, -0.15) is 0 Å². The van der Waals surface area contributed by atoms with Crippen molar-refractivity contribution in [2.24, 2.45) is 5.92 Å². The predicted molar refractivity (Wildman–Crippen MR) is 68.5 cm³/mol. The summed E-state index contributed by atoms with van der Waals surface area (Å²) in [7, 11) is 1.71. The van der Waals surface area contributed by atoms with Crippen LogP contribution in [0.4, 0.5) is 0 Å². The molecule has 1 aliphatic carbocycles. The molecule has 0 saturated heterocycles. The van der Waals surface area contributed by atoms with Crippen LogP contribution in [0.25, 0.3) is 0 Å². The molecule has 3 nitrogen and oxygen atoms in total. The molecule has 0 aromatic heterocycles. The van der Waals surface area contributed by atoms with Crippen molar-refractivity contribution in [3.8, 4) is 0 Å². The van der Waals surface area contributed by atoms with Gasteiger partial charge >= 0.3 is 0 Å². The monoisotopic (exact) mass is 240 g/mol. The molecular formula is C14H24O3. The largest absolute Gasteiger partial charge is 0.497 e. The molecule has 0 radical (unpaired) electrons. The van der Waals surface area contributed by atoms with Gasteiger partial charge < -0.3 is 14.9 Å². The van der Waals surface area contributed by atoms with Crippen LogP contribution in [0.5, 0.6) is 0 Å². The molecule has 1 unspecified atom stereocenters. The first-order valence-electron chi connectivity index (χ1n) is 6.44.